The van der Waals surface area contributed by atoms with Crippen LogP contribution in [0.5, 0.6) is 0 Å². The molecule has 0 aromatic carbocycles. The summed E-state index contributed by atoms with van der Waals surface area (Å²) in [6.45, 7) is 2.23. The number of fused-ring (bicyclic) bond motifs is 1. The molecule has 2 N–H and O–H groups in total. The molecule has 3 rings (SSSR count). The molecule has 1 aliphatic heterocycles. The highest BCUT2D eigenvalue weighted by Gasteiger charge is 2.44. The Balaban J connectivity index is 1.58. The number of aryl methyl sites for hydroxylation is 1. The summed E-state index contributed by atoms with van der Waals surface area (Å²) in [5.41, 5.74) is 0. The van der Waals surface area contributed by atoms with Gasteiger partial charge in [0.05, 0.1) is 0 Å². The lowest BCUT2D eigenvalue weighted by atomic mass is 9.85. The number of carboxylic acids is 1. The minimum absolute atomic E-state index is 0.165. The number of aromatic nitrogens is 1. The Hall–Kier alpha value is -1.89. The first-order chi connectivity index (χ1) is 11.0. The summed E-state index contributed by atoms with van der Waals surface area (Å²) in [5.74, 6) is 0.565. The van der Waals surface area contributed by atoms with Crippen molar-refractivity contribution >= 4 is 17.7 Å². The van der Waals surface area contributed by atoms with E-state index in [0.29, 0.717) is 36.5 Å². The predicted octanol–water partition coefficient (Wildman–Crippen LogP) is 2.03. The molecule has 0 radical (unpaired) electrons. The number of hydrogen-bond acceptors (Lipinski definition) is 5. The molecule has 3 unspecified atom stereocenters. The van der Waals surface area contributed by atoms with Crippen molar-refractivity contribution < 1.29 is 19.2 Å². The zero-order valence-corrected chi connectivity index (χ0v) is 13.3. The molecule has 2 fully saturated rings. The zero-order chi connectivity index (χ0) is 16.4. The number of hydrogen-bond donors (Lipinski definition) is 2. The maximum absolute atomic E-state index is 12.0. The largest absolute Gasteiger partial charge is 0.480 e. The molecule has 3 atom stereocenters. The van der Waals surface area contributed by atoms with Gasteiger partial charge in [0.2, 0.25) is 5.91 Å². The summed E-state index contributed by atoms with van der Waals surface area (Å²) in [4.78, 5) is 25.6. The van der Waals surface area contributed by atoms with E-state index >= 15 is 0 Å². The molecule has 0 spiro atoms. The molecule has 1 aromatic heterocycles. The highest BCUT2D eigenvalue weighted by molar-refractivity contribution is 5.89. The Bertz CT molecular complexity index is 586. The van der Waals surface area contributed by atoms with Crippen LogP contribution in [0.2, 0.25) is 0 Å². The summed E-state index contributed by atoms with van der Waals surface area (Å²) in [5, 5.41) is 15.9. The third-order valence-corrected chi connectivity index (χ3v) is 5.00. The highest BCUT2D eigenvalue weighted by Crippen LogP contribution is 2.39. The summed E-state index contributed by atoms with van der Waals surface area (Å²) < 4.78 is 4.91. The Labute approximate surface area is 135 Å². The average Bonchev–Trinajstić information content (AvgIpc) is 3.08. The van der Waals surface area contributed by atoms with E-state index in [1.54, 1.807) is 13.0 Å². The van der Waals surface area contributed by atoms with Gasteiger partial charge in [-0.15, -0.1) is 0 Å². The van der Waals surface area contributed by atoms with E-state index < -0.39 is 12.0 Å². The van der Waals surface area contributed by atoms with Gasteiger partial charge in [0.25, 0.3) is 0 Å². The molecule has 7 heteroatoms. The monoisotopic (exact) mass is 321 g/mol. The molecule has 1 saturated heterocycles. The van der Waals surface area contributed by atoms with Gasteiger partial charge in [-0.3, -0.25) is 14.5 Å². The average molecular weight is 321 g/mol. The van der Waals surface area contributed by atoms with Crippen LogP contribution in [0.25, 0.3) is 0 Å². The second-order valence-electron chi connectivity index (χ2n) is 6.56. The summed E-state index contributed by atoms with van der Waals surface area (Å²) >= 11 is 0. The third-order valence-electron chi connectivity index (χ3n) is 5.00. The lowest BCUT2D eigenvalue weighted by Crippen LogP contribution is -2.43. The molecule has 1 saturated carbocycles. The smallest absolute Gasteiger partial charge is 0.320 e. The number of nitrogens with one attached hydrogen (secondary N) is 1. The second-order valence-corrected chi connectivity index (χ2v) is 6.56. The number of rotatable bonds is 5. The van der Waals surface area contributed by atoms with Crippen molar-refractivity contribution in [3.8, 4) is 0 Å². The van der Waals surface area contributed by atoms with Crippen molar-refractivity contribution in [2.45, 2.75) is 57.5 Å². The number of amides is 1. The van der Waals surface area contributed by atoms with Crippen LogP contribution in [-0.4, -0.2) is 45.7 Å². The number of carbonyl (C=O) groups excluding carboxylic acids is 1. The van der Waals surface area contributed by atoms with Crippen molar-refractivity contribution in [1.82, 2.24) is 10.1 Å². The molecular weight excluding hydrogens is 298 g/mol. The molecule has 2 aliphatic rings. The molecule has 1 amide bonds. The van der Waals surface area contributed by atoms with Crippen LogP contribution in [0.1, 0.15) is 44.3 Å². The summed E-state index contributed by atoms with van der Waals surface area (Å²) in [7, 11) is 0. The Morgan fingerprint density at radius 3 is 2.91 bits per heavy atom. The maximum atomic E-state index is 12.0. The van der Waals surface area contributed by atoms with Crippen LogP contribution < -0.4 is 5.32 Å². The van der Waals surface area contributed by atoms with Crippen molar-refractivity contribution in [3.05, 3.63) is 11.8 Å². The minimum Gasteiger partial charge on any atom is -0.480 e. The van der Waals surface area contributed by atoms with Gasteiger partial charge in [0.1, 0.15) is 11.8 Å². The molecule has 7 nitrogen and oxygen atoms in total. The molecule has 2 heterocycles. The lowest BCUT2D eigenvalue weighted by Gasteiger charge is -2.32. The number of nitrogens with zero attached hydrogens (tertiary/aromatic N) is 2. The van der Waals surface area contributed by atoms with E-state index in [9.17, 15) is 14.7 Å². The van der Waals surface area contributed by atoms with Gasteiger partial charge in [-0.1, -0.05) is 18.0 Å². The normalized spacial score (nSPS) is 27.6. The van der Waals surface area contributed by atoms with E-state index in [1.807, 2.05) is 4.90 Å². The van der Waals surface area contributed by atoms with Gasteiger partial charge in [-0.25, -0.2) is 0 Å². The van der Waals surface area contributed by atoms with E-state index in [1.165, 1.54) is 6.42 Å². The topological polar surface area (TPSA) is 95.7 Å². The van der Waals surface area contributed by atoms with E-state index in [-0.39, 0.29) is 12.3 Å². The van der Waals surface area contributed by atoms with Crippen molar-refractivity contribution in [3.63, 3.8) is 0 Å². The SMILES string of the molecule is Cc1cc(NC(=O)CCN2C(C(=O)O)CC3CCCCC32)no1. The van der Waals surface area contributed by atoms with Gasteiger partial charge < -0.3 is 14.9 Å². The summed E-state index contributed by atoms with van der Waals surface area (Å²) in [6.07, 6.45) is 5.46. The van der Waals surface area contributed by atoms with E-state index in [2.05, 4.69) is 10.5 Å². The standard InChI is InChI=1S/C16H23N3O4/c1-10-8-14(18-23-10)17-15(20)6-7-19-12-5-3-2-4-11(12)9-13(19)16(21)22/h8,11-13H,2-7,9H2,1H3,(H,21,22)(H,17,18,20). The number of carboxylic acid groups (broad SMARTS) is 1. The van der Waals surface area contributed by atoms with Crippen LogP contribution in [0.15, 0.2) is 10.6 Å². The molecule has 1 aliphatic carbocycles. The lowest BCUT2D eigenvalue weighted by molar-refractivity contribution is -0.143. The molecular formula is C16H23N3O4. The Kier molecular flexibility index (Phi) is 4.66. The van der Waals surface area contributed by atoms with Crippen molar-refractivity contribution in [1.29, 1.82) is 0 Å². The van der Waals surface area contributed by atoms with Gasteiger partial charge in [-0.05, 0) is 32.1 Å². The fourth-order valence-corrected chi connectivity index (χ4v) is 3.98. The molecule has 23 heavy (non-hydrogen) atoms. The first-order valence-electron chi connectivity index (χ1n) is 8.26. The van der Waals surface area contributed by atoms with Gasteiger partial charge in [0.15, 0.2) is 5.82 Å². The van der Waals surface area contributed by atoms with Crippen LogP contribution in [0.3, 0.4) is 0 Å². The maximum Gasteiger partial charge on any atom is 0.320 e. The second kappa shape index (κ2) is 6.70. The quantitative estimate of drug-likeness (QED) is 0.861. The minimum atomic E-state index is -0.771. The van der Waals surface area contributed by atoms with Crippen molar-refractivity contribution in [2.75, 3.05) is 11.9 Å². The third kappa shape index (κ3) is 3.55. The van der Waals surface area contributed by atoms with Crippen LogP contribution >= 0.6 is 0 Å². The summed E-state index contributed by atoms with van der Waals surface area (Å²) in [6, 6.07) is 1.52. The van der Waals surface area contributed by atoms with E-state index in [4.69, 9.17) is 4.52 Å². The van der Waals surface area contributed by atoms with Gasteiger partial charge >= 0.3 is 5.97 Å². The van der Waals surface area contributed by atoms with Crippen LogP contribution in [-0.2, 0) is 9.59 Å². The highest BCUT2D eigenvalue weighted by atomic mass is 16.5. The Morgan fingerprint density at radius 2 is 2.22 bits per heavy atom. The number of carbonyl (C=O) groups is 2. The van der Waals surface area contributed by atoms with Gasteiger partial charge in [0, 0.05) is 25.1 Å². The first kappa shape index (κ1) is 16.0. The van der Waals surface area contributed by atoms with Crippen LogP contribution in [0.4, 0.5) is 5.82 Å². The van der Waals surface area contributed by atoms with Gasteiger partial charge in [-0.2, -0.15) is 0 Å². The van der Waals surface area contributed by atoms with Crippen LogP contribution in [0, 0.1) is 12.8 Å². The molecule has 1 aromatic rings. The first-order valence-corrected chi connectivity index (χ1v) is 8.26. The Morgan fingerprint density at radius 1 is 1.43 bits per heavy atom. The van der Waals surface area contributed by atoms with E-state index in [0.717, 1.165) is 19.3 Å². The number of aliphatic carboxylic acids is 1. The number of likely N-dealkylation sites (tertiary alicyclic amines) is 1. The molecule has 126 valence electrons. The fourth-order valence-electron chi connectivity index (χ4n) is 3.98. The predicted molar refractivity (Wildman–Crippen MR) is 83.0 cm³/mol. The van der Waals surface area contributed by atoms with Crippen molar-refractivity contribution in [2.24, 2.45) is 5.92 Å². The zero-order valence-electron chi connectivity index (χ0n) is 13.3. The fraction of sp³-hybridized carbons (Fsp3) is 0.688. The number of anilines is 1. The molecule has 0 bridgehead atoms.